The maximum atomic E-state index is 12.5. The first-order valence-corrected chi connectivity index (χ1v) is 8.83. The van der Waals surface area contributed by atoms with Crippen molar-refractivity contribution in [3.63, 3.8) is 0 Å². The Balaban J connectivity index is 1.41. The minimum atomic E-state index is -0.855. The third kappa shape index (κ3) is 3.51. The summed E-state index contributed by atoms with van der Waals surface area (Å²) in [5, 5.41) is 4.03. The van der Waals surface area contributed by atoms with E-state index in [1.54, 1.807) is 32.2 Å². The minimum Gasteiger partial charge on any atom is -0.496 e. The van der Waals surface area contributed by atoms with Gasteiger partial charge in [0.15, 0.2) is 23.9 Å². The average Bonchev–Trinajstić information content (AvgIpc) is 3.20. The van der Waals surface area contributed by atoms with Crippen molar-refractivity contribution >= 4 is 5.97 Å². The lowest BCUT2D eigenvalue weighted by atomic mass is 10.1. The van der Waals surface area contributed by atoms with Gasteiger partial charge in [-0.2, -0.15) is 0 Å². The SMILES string of the molecule is COc1ccccc1-c1cc(COC(=O)[C@@H]2Oc3ccccc3O[C@@H]2C)on1. The largest absolute Gasteiger partial charge is 0.496 e. The number of esters is 1. The number of fused-ring (bicyclic) bond motifs is 1. The molecule has 2 heterocycles. The maximum absolute atomic E-state index is 12.5. The molecular weight excluding hydrogens is 362 g/mol. The summed E-state index contributed by atoms with van der Waals surface area (Å²) in [6.07, 6.45) is -1.33. The van der Waals surface area contributed by atoms with Crippen LogP contribution < -0.4 is 14.2 Å². The number of benzene rings is 2. The summed E-state index contributed by atoms with van der Waals surface area (Å²) < 4.78 is 27.4. The molecule has 7 heteroatoms. The third-order valence-corrected chi connectivity index (χ3v) is 4.37. The van der Waals surface area contributed by atoms with Crippen LogP contribution in [0.1, 0.15) is 12.7 Å². The molecule has 0 radical (unpaired) electrons. The maximum Gasteiger partial charge on any atom is 0.351 e. The summed E-state index contributed by atoms with van der Waals surface area (Å²) in [6, 6.07) is 16.4. The topological polar surface area (TPSA) is 80.0 Å². The van der Waals surface area contributed by atoms with Crippen molar-refractivity contribution in [2.45, 2.75) is 25.7 Å². The second kappa shape index (κ2) is 7.64. The van der Waals surface area contributed by atoms with Gasteiger partial charge in [-0.15, -0.1) is 0 Å². The average molecular weight is 381 g/mol. The fourth-order valence-corrected chi connectivity index (χ4v) is 2.97. The molecule has 144 valence electrons. The molecule has 3 aromatic rings. The Morgan fingerprint density at radius 2 is 1.79 bits per heavy atom. The molecule has 1 aliphatic heterocycles. The zero-order valence-electron chi connectivity index (χ0n) is 15.5. The molecule has 0 aliphatic carbocycles. The normalized spacial score (nSPS) is 17.8. The minimum absolute atomic E-state index is 0.0603. The molecule has 1 aliphatic rings. The number of hydrogen-bond donors (Lipinski definition) is 0. The van der Waals surface area contributed by atoms with Gasteiger partial charge in [0, 0.05) is 11.6 Å². The summed E-state index contributed by atoms with van der Waals surface area (Å²) in [4.78, 5) is 12.5. The van der Waals surface area contributed by atoms with E-state index < -0.39 is 18.2 Å². The van der Waals surface area contributed by atoms with E-state index in [0.29, 0.717) is 28.7 Å². The van der Waals surface area contributed by atoms with E-state index in [0.717, 1.165) is 5.56 Å². The van der Waals surface area contributed by atoms with Crippen molar-refractivity contribution < 1.29 is 28.3 Å². The van der Waals surface area contributed by atoms with Crippen LogP contribution in [0.2, 0.25) is 0 Å². The van der Waals surface area contributed by atoms with Crippen LogP contribution in [0.15, 0.2) is 59.1 Å². The zero-order chi connectivity index (χ0) is 19.5. The van der Waals surface area contributed by atoms with E-state index >= 15 is 0 Å². The monoisotopic (exact) mass is 381 g/mol. The van der Waals surface area contributed by atoms with Crippen molar-refractivity contribution in [1.82, 2.24) is 5.16 Å². The van der Waals surface area contributed by atoms with Crippen LogP contribution in [0.25, 0.3) is 11.3 Å². The Bertz CT molecular complexity index is 982. The predicted molar refractivity (Wildman–Crippen MR) is 99.2 cm³/mol. The first-order valence-electron chi connectivity index (χ1n) is 8.83. The highest BCUT2D eigenvalue weighted by Crippen LogP contribution is 2.34. The highest BCUT2D eigenvalue weighted by Gasteiger charge is 2.35. The Hall–Kier alpha value is -3.48. The van der Waals surface area contributed by atoms with Crippen LogP contribution in [0.4, 0.5) is 0 Å². The summed E-state index contributed by atoms with van der Waals surface area (Å²) >= 11 is 0. The molecule has 0 amide bonds. The van der Waals surface area contributed by atoms with Crippen LogP contribution in [0.3, 0.4) is 0 Å². The molecular formula is C21H19NO6. The molecule has 0 saturated carbocycles. The number of para-hydroxylation sites is 3. The Kier molecular flexibility index (Phi) is 4.89. The molecule has 28 heavy (non-hydrogen) atoms. The molecule has 2 atom stereocenters. The van der Waals surface area contributed by atoms with Crippen LogP contribution in [0.5, 0.6) is 17.2 Å². The second-order valence-corrected chi connectivity index (χ2v) is 6.29. The van der Waals surface area contributed by atoms with Crippen molar-refractivity contribution in [3.05, 3.63) is 60.4 Å². The van der Waals surface area contributed by atoms with E-state index in [-0.39, 0.29) is 6.61 Å². The summed E-state index contributed by atoms with van der Waals surface area (Å²) in [5.74, 6) is 1.69. The smallest absolute Gasteiger partial charge is 0.351 e. The molecule has 4 rings (SSSR count). The number of nitrogens with zero attached hydrogens (tertiary/aromatic N) is 1. The van der Waals surface area contributed by atoms with Gasteiger partial charge in [-0.1, -0.05) is 29.4 Å². The van der Waals surface area contributed by atoms with Gasteiger partial charge in [-0.25, -0.2) is 4.79 Å². The highest BCUT2D eigenvalue weighted by atomic mass is 16.6. The lowest BCUT2D eigenvalue weighted by Crippen LogP contribution is -2.44. The molecule has 7 nitrogen and oxygen atoms in total. The van der Waals surface area contributed by atoms with Crippen molar-refractivity contribution in [2.75, 3.05) is 7.11 Å². The standard InChI is InChI=1S/C21H19NO6/c1-13-20(27-19-10-6-5-9-18(19)26-13)21(23)25-12-14-11-16(22-28-14)15-7-3-4-8-17(15)24-2/h3-11,13,20H,12H2,1-2H3/t13-,20-/m1/s1. The van der Waals surface area contributed by atoms with Gasteiger partial charge in [0.05, 0.1) is 7.11 Å². The van der Waals surface area contributed by atoms with E-state index in [1.807, 2.05) is 36.4 Å². The highest BCUT2D eigenvalue weighted by molar-refractivity contribution is 5.76. The van der Waals surface area contributed by atoms with Crippen molar-refractivity contribution in [1.29, 1.82) is 0 Å². The fourth-order valence-electron chi connectivity index (χ4n) is 2.97. The Morgan fingerprint density at radius 3 is 2.57 bits per heavy atom. The van der Waals surface area contributed by atoms with Gasteiger partial charge in [0.2, 0.25) is 6.10 Å². The van der Waals surface area contributed by atoms with E-state index in [4.69, 9.17) is 23.5 Å². The van der Waals surface area contributed by atoms with E-state index in [1.165, 1.54) is 0 Å². The van der Waals surface area contributed by atoms with Gasteiger partial charge >= 0.3 is 5.97 Å². The molecule has 0 spiro atoms. The fraction of sp³-hybridized carbons (Fsp3) is 0.238. The molecule has 1 aromatic heterocycles. The molecule has 0 bridgehead atoms. The third-order valence-electron chi connectivity index (χ3n) is 4.37. The lowest BCUT2D eigenvalue weighted by molar-refractivity contribution is -0.159. The zero-order valence-corrected chi connectivity index (χ0v) is 15.5. The van der Waals surface area contributed by atoms with Gasteiger partial charge < -0.3 is 23.5 Å². The number of methoxy groups -OCH3 is 1. The second-order valence-electron chi connectivity index (χ2n) is 6.29. The Morgan fingerprint density at radius 1 is 1.07 bits per heavy atom. The first-order chi connectivity index (χ1) is 13.7. The Labute approximate surface area is 161 Å². The van der Waals surface area contributed by atoms with E-state index in [2.05, 4.69) is 5.16 Å². The lowest BCUT2D eigenvalue weighted by Gasteiger charge is -2.30. The number of carbonyl (C=O) groups excluding carboxylic acids is 1. The van der Waals surface area contributed by atoms with Crippen LogP contribution >= 0.6 is 0 Å². The number of rotatable bonds is 5. The first kappa shape index (κ1) is 17.9. The van der Waals surface area contributed by atoms with Gasteiger partial charge in [0.25, 0.3) is 0 Å². The summed E-state index contributed by atoms with van der Waals surface area (Å²) in [5.41, 5.74) is 1.39. The molecule has 0 fully saturated rings. The quantitative estimate of drug-likeness (QED) is 0.625. The van der Waals surface area contributed by atoms with Gasteiger partial charge in [-0.05, 0) is 31.2 Å². The molecule has 0 N–H and O–H groups in total. The molecule has 0 unspecified atom stereocenters. The van der Waals surface area contributed by atoms with Crippen molar-refractivity contribution in [2.24, 2.45) is 0 Å². The van der Waals surface area contributed by atoms with Crippen LogP contribution in [-0.2, 0) is 16.1 Å². The summed E-state index contributed by atoms with van der Waals surface area (Å²) in [6.45, 7) is 1.70. The number of aromatic nitrogens is 1. The predicted octanol–water partition coefficient (Wildman–Crippen LogP) is 3.62. The van der Waals surface area contributed by atoms with Crippen LogP contribution in [-0.4, -0.2) is 30.4 Å². The number of ether oxygens (including phenoxy) is 4. The van der Waals surface area contributed by atoms with E-state index in [9.17, 15) is 4.79 Å². The summed E-state index contributed by atoms with van der Waals surface area (Å²) in [7, 11) is 1.59. The number of carbonyl (C=O) groups is 1. The molecule has 0 saturated heterocycles. The van der Waals surface area contributed by atoms with Gasteiger partial charge in [-0.3, -0.25) is 0 Å². The number of hydrogen-bond acceptors (Lipinski definition) is 7. The molecule has 2 aromatic carbocycles. The van der Waals surface area contributed by atoms with Crippen LogP contribution in [0, 0.1) is 0 Å². The van der Waals surface area contributed by atoms with Gasteiger partial charge in [0.1, 0.15) is 17.5 Å². The van der Waals surface area contributed by atoms with Crippen molar-refractivity contribution in [3.8, 4) is 28.5 Å².